The summed E-state index contributed by atoms with van der Waals surface area (Å²) in [7, 11) is 0. The van der Waals surface area contributed by atoms with Gasteiger partial charge in [-0.2, -0.15) is 0 Å². The van der Waals surface area contributed by atoms with Gasteiger partial charge in [0.1, 0.15) is 0 Å². The molecule has 1 amide bonds. The molecule has 4 nitrogen and oxygen atoms in total. The van der Waals surface area contributed by atoms with Crippen molar-refractivity contribution in [3.63, 3.8) is 0 Å². The Morgan fingerprint density at radius 1 is 1.21 bits per heavy atom. The van der Waals surface area contributed by atoms with E-state index in [1.807, 2.05) is 6.07 Å². The van der Waals surface area contributed by atoms with Crippen molar-refractivity contribution < 1.29 is 4.79 Å². The second kappa shape index (κ2) is 8.52. The highest BCUT2D eigenvalue weighted by molar-refractivity contribution is 5.91. The summed E-state index contributed by atoms with van der Waals surface area (Å²) in [6, 6.07) is 8.33. The zero-order valence-corrected chi connectivity index (χ0v) is 14.9. The van der Waals surface area contributed by atoms with Crippen molar-refractivity contribution in [1.82, 2.24) is 5.32 Å². The van der Waals surface area contributed by atoms with Gasteiger partial charge in [-0.05, 0) is 75.2 Å². The molecule has 0 bridgehead atoms. The maximum atomic E-state index is 12.2. The third kappa shape index (κ3) is 4.97. The third-order valence-electron chi connectivity index (χ3n) is 5.52. The lowest BCUT2D eigenvalue weighted by molar-refractivity contribution is -0.116. The summed E-state index contributed by atoms with van der Waals surface area (Å²) < 4.78 is 0. The molecule has 0 aliphatic carbocycles. The van der Waals surface area contributed by atoms with Gasteiger partial charge in [0.05, 0.1) is 0 Å². The monoisotopic (exact) mass is 329 g/mol. The lowest BCUT2D eigenvalue weighted by atomic mass is 9.93. The molecule has 2 aliphatic heterocycles. The van der Waals surface area contributed by atoms with Gasteiger partial charge in [0.25, 0.3) is 0 Å². The highest BCUT2D eigenvalue weighted by Crippen LogP contribution is 2.25. The van der Waals surface area contributed by atoms with E-state index in [1.165, 1.54) is 31.4 Å². The standard InChI is InChI=1S/C20H31N3O/c1-16-9-13-23(14-10-16)19-4-2-3-18(15-19)22-20(24)6-5-17-7-11-21-12-8-17/h2-4,15-17,21H,5-14H2,1H3,(H,22,24). The molecule has 24 heavy (non-hydrogen) atoms. The molecule has 1 aromatic rings. The summed E-state index contributed by atoms with van der Waals surface area (Å²) in [6.45, 7) is 6.77. The van der Waals surface area contributed by atoms with E-state index in [0.717, 1.165) is 44.2 Å². The van der Waals surface area contributed by atoms with Crippen LogP contribution in [0.3, 0.4) is 0 Å². The Kier molecular flexibility index (Phi) is 6.13. The number of carbonyl (C=O) groups excluding carboxylic acids is 1. The molecule has 0 saturated carbocycles. The molecule has 0 spiro atoms. The molecule has 0 radical (unpaired) electrons. The molecule has 4 heteroatoms. The van der Waals surface area contributed by atoms with Crippen LogP contribution in [-0.2, 0) is 4.79 Å². The maximum absolute atomic E-state index is 12.2. The number of benzene rings is 1. The summed E-state index contributed by atoms with van der Waals surface area (Å²) in [4.78, 5) is 14.7. The predicted octanol–water partition coefficient (Wildman–Crippen LogP) is 3.64. The number of nitrogens with zero attached hydrogens (tertiary/aromatic N) is 1. The number of nitrogens with one attached hydrogen (secondary N) is 2. The topological polar surface area (TPSA) is 44.4 Å². The number of hydrogen-bond donors (Lipinski definition) is 2. The van der Waals surface area contributed by atoms with E-state index >= 15 is 0 Å². The van der Waals surface area contributed by atoms with Gasteiger partial charge in [-0.3, -0.25) is 4.79 Å². The first-order valence-corrected chi connectivity index (χ1v) is 9.56. The number of amides is 1. The molecule has 2 fully saturated rings. The highest BCUT2D eigenvalue weighted by Gasteiger charge is 2.17. The molecule has 1 aromatic carbocycles. The van der Waals surface area contributed by atoms with Gasteiger partial charge < -0.3 is 15.5 Å². The van der Waals surface area contributed by atoms with E-state index in [4.69, 9.17) is 0 Å². The second-order valence-electron chi connectivity index (χ2n) is 7.50. The maximum Gasteiger partial charge on any atom is 0.224 e. The van der Waals surface area contributed by atoms with E-state index in [0.29, 0.717) is 12.3 Å². The Balaban J connectivity index is 1.49. The van der Waals surface area contributed by atoms with E-state index < -0.39 is 0 Å². The van der Waals surface area contributed by atoms with E-state index in [9.17, 15) is 4.79 Å². The van der Waals surface area contributed by atoms with Gasteiger partial charge in [0.2, 0.25) is 5.91 Å². The summed E-state index contributed by atoms with van der Waals surface area (Å²) in [5.74, 6) is 1.69. The molecule has 3 rings (SSSR count). The SMILES string of the molecule is CC1CCN(c2cccc(NC(=O)CCC3CCNCC3)c2)CC1. The average Bonchev–Trinajstić information content (AvgIpc) is 2.62. The Labute approximate surface area is 146 Å². The number of rotatable bonds is 5. The molecule has 0 aromatic heterocycles. The summed E-state index contributed by atoms with van der Waals surface area (Å²) >= 11 is 0. The molecule has 132 valence electrons. The van der Waals surface area contributed by atoms with Crippen LogP contribution in [0.25, 0.3) is 0 Å². The Morgan fingerprint density at radius 3 is 2.71 bits per heavy atom. The van der Waals surface area contributed by atoms with Crippen LogP contribution in [0.2, 0.25) is 0 Å². The van der Waals surface area contributed by atoms with Gasteiger partial charge in [0, 0.05) is 30.9 Å². The quantitative estimate of drug-likeness (QED) is 0.867. The Bertz CT molecular complexity index is 531. The van der Waals surface area contributed by atoms with Gasteiger partial charge in [-0.25, -0.2) is 0 Å². The van der Waals surface area contributed by atoms with Crippen LogP contribution in [0.4, 0.5) is 11.4 Å². The minimum atomic E-state index is 0.151. The third-order valence-corrected chi connectivity index (χ3v) is 5.52. The van der Waals surface area contributed by atoms with Gasteiger partial charge in [0.15, 0.2) is 0 Å². The minimum absolute atomic E-state index is 0.151. The van der Waals surface area contributed by atoms with Crippen molar-refractivity contribution >= 4 is 17.3 Å². The normalized spacial score (nSPS) is 20.1. The number of hydrogen-bond acceptors (Lipinski definition) is 3. The fourth-order valence-electron chi connectivity index (χ4n) is 3.78. The molecular formula is C20H31N3O. The predicted molar refractivity (Wildman–Crippen MR) is 101 cm³/mol. The number of piperidine rings is 2. The van der Waals surface area contributed by atoms with Crippen molar-refractivity contribution in [2.24, 2.45) is 11.8 Å². The van der Waals surface area contributed by atoms with Crippen LogP contribution in [0, 0.1) is 11.8 Å². The Hall–Kier alpha value is -1.55. The smallest absolute Gasteiger partial charge is 0.224 e. The Morgan fingerprint density at radius 2 is 1.96 bits per heavy atom. The van der Waals surface area contributed by atoms with Gasteiger partial charge in [-0.15, -0.1) is 0 Å². The number of anilines is 2. The molecule has 0 unspecified atom stereocenters. The number of carbonyl (C=O) groups is 1. The summed E-state index contributed by atoms with van der Waals surface area (Å²) in [5.41, 5.74) is 2.17. The molecule has 2 saturated heterocycles. The fourth-order valence-corrected chi connectivity index (χ4v) is 3.78. The van der Waals surface area contributed by atoms with Crippen LogP contribution in [0.5, 0.6) is 0 Å². The first kappa shape index (κ1) is 17.3. The van der Waals surface area contributed by atoms with Crippen LogP contribution < -0.4 is 15.5 Å². The molecule has 2 aliphatic rings. The highest BCUT2D eigenvalue weighted by atomic mass is 16.1. The molecular weight excluding hydrogens is 298 g/mol. The first-order chi connectivity index (χ1) is 11.7. The van der Waals surface area contributed by atoms with Crippen molar-refractivity contribution in [3.8, 4) is 0 Å². The molecule has 0 atom stereocenters. The fraction of sp³-hybridized carbons (Fsp3) is 0.650. The van der Waals surface area contributed by atoms with E-state index in [2.05, 4.69) is 40.7 Å². The van der Waals surface area contributed by atoms with Crippen LogP contribution in [0.1, 0.15) is 45.4 Å². The lowest BCUT2D eigenvalue weighted by Gasteiger charge is -2.32. The second-order valence-corrected chi connectivity index (χ2v) is 7.50. The van der Waals surface area contributed by atoms with Crippen molar-refractivity contribution in [3.05, 3.63) is 24.3 Å². The van der Waals surface area contributed by atoms with E-state index in [1.54, 1.807) is 0 Å². The van der Waals surface area contributed by atoms with E-state index in [-0.39, 0.29) is 5.91 Å². The largest absolute Gasteiger partial charge is 0.371 e. The van der Waals surface area contributed by atoms with Crippen LogP contribution in [-0.4, -0.2) is 32.1 Å². The zero-order valence-electron chi connectivity index (χ0n) is 14.9. The molecule has 2 heterocycles. The van der Waals surface area contributed by atoms with Crippen molar-refractivity contribution in [1.29, 1.82) is 0 Å². The molecule has 2 N–H and O–H groups in total. The van der Waals surface area contributed by atoms with Gasteiger partial charge in [-0.1, -0.05) is 13.0 Å². The first-order valence-electron chi connectivity index (χ1n) is 9.56. The summed E-state index contributed by atoms with van der Waals surface area (Å²) in [6.07, 6.45) is 6.57. The lowest BCUT2D eigenvalue weighted by Crippen LogP contribution is -2.32. The van der Waals surface area contributed by atoms with Gasteiger partial charge >= 0.3 is 0 Å². The van der Waals surface area contributed by atoms with Crippen LogP contribution in [0.15, 0.2) is 24.3 Å². The minimum Gasteiger partial charge on any atom is -0.371 e. The van der Waals surface area contributed by atoms with Crippen molar-refractivity contribution in [2.75, 3.05) is 36.4 Å². The van der Waals surface area contributed by atoms with Crippen LogP contribution >= 0.6 is 0 Å². The zero-order chi connectivity index (χ0) is 16.8. The van der Waals surface area contributed by atoms with Crippen molar-refractivity contribution in [2.45, 2.75) is 45.4 Å². The average molecular weight is 329 g/mol. The summed E-state index contributed by atoms with van der Waals surface area (Å²) in [5, 5.41) is 6.47.